The van der Waals surface area contributed by atoms with Crippen LogP contribution < -0.4 is 14.9 Å². The molecule has 0 saturated heterocycles. The number of hydrogen-bond donors (Lipinski definition) is 0. The summed E-state index contributed by atoms with van der Waals surface area (Å²) in [6.07, 6.45) is -0.0145. The predicted molar refractivity (Wildman–Crippen MR) is 134 cm³/mol. The van der Waals surface area contributed by atoms with Gasteiger partial charge in [-0.3, -0.25) is 9.59 Å². The molecule has 174 valence electrons. The Balaban J connectivity index is 1.76. The molecule has 0 saturated carbocycles. The molecule has 0 atom stereocenters. The second-order valence-corrected chi connectivity index (χ2v) is 9.49. The lowest BCUT2D eigenvalue weighted by Gasteiger charge is -2.19. The van der Waals surface area contributed by atoms with Gasteiger partial charge in [0, 0.05) is 10.6 Å². The molecule has 1 heterocycles. The summed E-state index contributed by atoms with van der Waals surface area (Å²) in [5, 5.41) is 0.632. The molecule has 4 rings (SSSR count). The van der Waals surface area contributed by atoms with Gasteiger partial charge >= 0.3 is 5.97 Å². The van der Waals surface area contributed by atoms with Crippen LogP contribution in [0.5, 0.6) is 11.5 Å². The number of carbonyl (C=O) groups is 1. The maximum Gasteiger partial charge on any atom is 0.315 e. The first-order chi connectivity index (χ1) is 16.2. The summed E-state index contributed by atoms with van der Waals surface area (Å²) in [6.45, 7) is 6.36. The zero-order chi connectivity index (χ0) is 24.5. The Morgan fingerprint density at radius 3 is 2.26 bits per heavy atom. The average Bonchev–Trinajstić information content (AvgIpc) is 2.81. The van der Waals surface area contributed by atoms with E-state index in [4.69, 9.17) is 25.5 Å². The molecule has 4 aromatic rings. The fourth-order valence-corrected chi connectivity index (χ4v) is 3.79. The van der Waals surface area contributed by atoms with Crippen LogP contribution in [-0.2, 0) is 16.6 Å². The van der Waals surface area contributed by atoms with Crippen LogP contribution in [0.3, 0.4) is 0 Å². The molecule has 0 aliphatic rings. The fourth-order valence-electron chi connectivity index (χ4n) is 3.61. The van der Waals surface area contributed by atoms with Gasteiger partial charge in [-0.2, -0.15) is 0 Å². The predicted octanol–water partition coefficient (Wildman–Crippen LogP) is 6.57. The van der Waals surface area contributed by atoms with E-state index >= 15 is 0 Å². The standard InChI is InChI=1S/C28H25ClO5/c1-28(2,3)19-9-7-18(8-10-19)26-27(25(31)22-16-20(29)11-14-23(22)33-26)34-24(30)15-17-5-12-21(32-4)13-6-17/h5-14,16H,15H2,1-4H3. The number of carbonyl (C=O) groups excluding carboxylic acids is 1. The van der Waals surface area contributed by atoms with Crippen molar-refractivity contribution in [2.45, 2.75) is 32.6 Å². The Labute approximate surface area is 202 Å². The molecule has 34 heavy (non-hydrogen) atoms. The van der Waals surface area contributed by atoms with E-state index in [-0.39, 0.29) is 28.7 Å². The van der Waals surface area contributed by atoms with E-state index in [2.05, 4.69) is 20.8 Å². The zero-order valence-electron chi connectivity index (χ0n) is 19.5. The third-order valence-electron chi connectivity index (χ3n) is 5.55. The van der Waals surface area contributed by atoms with E-state index in [0.717, 1.165) is 11.1 Å². The number of methoxy groups -OCH3 is 1. The van der Waals surface area contributed by atoms with Gasteiger partial charge in [-0.25, -0.2) is 0 Å². The molecule has 0 fully saturated rings. The highest BCUT2D eigenvalue weighted by Gasteiger charge is 2.22. The van der Waals surface area contributed by atoms with Gasteiger partial charge in [0.05, 0.1) is 18.9 Å². The molecule has 3 aromatic carbocycles. The Hall–Kier alpha value is -3.57. The first-order valence-corrected chi connectivity index (χ1v) is 11.2. The third-order valence-corrected chi connectivity index (χ3v) is 5.78. The van der Waals surface area contributed by atoms with Crippen molar-refractivity contribution >= 4 is 28.5 Å². The molecule has 0 aliphatic heterocycles. The van der Waals surface area contributed by atoms with Crippen LogP contribution in [0, 0.1) is 0 Å². The Kier molecular flexibility index (Phi) is 6.49. The lowest BCUT2D eigenvalue weighted by atomic mass is 9.86. The van der Waals surface area contributed by atoms with Gasteiger partial charge in [0.15, 0.2) is 5.76 Å². The molecule has 0 unspecified atom stereocenters. The largest absolute Gasteiger partial charge is 0.497 e. The van der Waals surface area contributed by atoms with Crippen LogP contribution in [0.1, 0.15) is 31.9 Å². The maximum absolute atomic E-state index is 13.4. The van der Waals surface area contributed by atoms with Crippen molar-refractivity contribution in [2.24, 2.45) is 0 Å². The highest BCUT2D eigenvalue weighted by atomic mass is 35.5. The van der Waals surface area contributed by atoms with E-state index in [1.807, 2.05) is 24.3 Å². The average molecular weight is 477 g/mol. The smallest absolute Gasteiger partial charge is 0.315 e. The number of hydrogen-bond acceptors (Lipinski definition) is 5. The van der Waals surface area contributed by atoms with Gasteiger partial charge in [0.1, 0.15) is 11.3 Å². The lowest BCUT2D eigenvalue weighted by molar-refractivity contribution is -0.133. The molecule has 0 aliphatic carbocycles. The van der Waals surface area contributed by atoms with Crippen LogP contribution >= 0.6 is 11.6 Å². The second kappa shape index (κ2) is 9.35. The quantitative estimate of drug-likeness (QED) is 0.305. The van der Waals surface area contributed by atoms with E-state index in [9.17, 15) is 9.59 Å². The Morgan fingerprint density at radius 1 is 0.971 bits per heavy atom. The van der Waals surface area contributed by atoms with Gasteiger partial charge < -0.3 is 13.9 Å². The number of ether oxygens (including phenoxy) is 2. The molecule has 0 amide bonds. The van der Waals surface area contributed by atoms with Crippen molar-refractivity contribution in [1.29, 1.82) is 0 Å². The van der Waals surface area contributed by atoms with E-state index in [1.54, 1.807) is 43.5 Å². The van der Waals surface area contributed by atoms with E-state index < -0.39 is 11.4 Å². The van der Waals surface area contributed by atoms with Gasteiger partial charge in [-0.15, -0.1) is 0 Å². The number of benzene rings is 3. The molecule has 0 N–H and O–H groups in total. The van der Waals surface area contributed by atoms with Crippen LogP contribution in [0.2, 0.25) is 5.02 Å². The number of rotatable bonds is 5. The summed E-state index contributed by atoms with van der Waals surface area (Å²) in [6, 6.07) is 19.5. The molecular formula is C28H25ClO5. The summed E-state index contributed by atoms with van der Waals surface area (Å²) in [7, 11) is 1.57. The lowest BCUT2D eigenvalue weighted by Crippen LogP contribution is -2.18. The van der Waals surface area contributed by atoms with Crippen LogP contribution in [0.25, 0.3) is 22.3 Å². The normalized spacial score (nSPS) is 11.4. The van der Waals surface area contributed by atoms with Crippen molar-refractivity contribution in [3.8, 4) is 22.8 Å². The first kappa shape index (κ1) is 23.6. The van der Waals surface area contributed by atoms with E-state index in [1.165, 1.54) is 6.07 Å². The summed E-state index contributed by atoms with van der Waals surface area (Å²) in [5.74, 6) is 0.150. The van der Waals surface area contributed by atoms with Crippen molar-refractivity contribution in [2.75, 3.05) is 7.11 Å². The van der Waals surface area contributed by atoms with Crippen molar-refractivity contribution in [3.05, 3.63) is 93.1 Å². The topological polar surface area (TPSA) is 65.7 Å². The summed E-state index contributed by atoms with van der Waals surface area (Å²) in [4.78, 5) is 26.2. The van der Waals surface area contributed by atoms with Crippen molar-refractivity contribution in [3.63, 3.8) is 0 Å². The van der Waals surface area contributed by atoms with Gasteiger partial charge in [-0.1, -0.05) is 68.8 Å². The number of halogens is 1. The van der Waals surface area contributed by atoms with Gasteiger partial charge in [0.2, 0.25) is 11.2 Å². The molecule has 0 bridgehead atoms. The van der Waals surface area contributed by atoms with E-state index in [0.29, 0.717) is 21.9 Å². The van der Waals surface area contributed by atoms with Gasteiger partial charge in [0.25, 0.3) is 0 Å². The first-order valence-electron chi connectivity index (χ1n) is 10.9. The zero-order valence-corrected chi connectivity index (χ0v) is 20.2. The molecule has 1 aromatic heterocycles. The minimum Gasteiger partial charge on any atom is -0.497 e. The van der Waals surface area contributed by atoms with Crippen LogP contribution in [-0.4, -0.2) is 13.1 Å². The highest BCUT2D eigenvalue weighted by molar-refractivity contribution is 6.31. The minimum absolute atomic E-state index is 0.0145. The molecular weight excluding hydrogens is 452 g/mol. The Bertz CT molecular complexity index is 1390. The Morgan fingerprint density at radius 2 is 1.65 bits per heavy atom. The van der Waals surface area contributed by atoms with Crippen molar-refractivity contribution < 1.29 is 18.7 Å². The fraction of sp³-hybridized carbons (Fsp3) is 0.214. The summed E-state index contributed by atoms with van der Waals surface area (Å²) >= 11 is 6.10. The number of esters is 1. The van der Waals surface area contributed by atoms with Gasteiger partial charge in [-0.05, 0) is 46.9 Å². The van der Waals surface area contributed by atoms with Crippen molar-refractivity contribution in [1.82, 2.24) is 0 Å². The summed E-state index contributed by atoms with van der Waals surface area (Å²) in [5.41, 5.74) is 2.36. The maximum atomic E-state index is 13.4. The molecule has 0 spiro atoms. The monoisotopic (exact) mass is 476 g/mol. The number of fused-ring (bicyclic) bond motifs is 1. The third kappa shape index (κ3) is 5.00. The van der Waals surface area contributed by atoms with Crippen LogP contribution in [0.4, 0.5) is 0 Å². The minimum atomic E-state index is -0.577. The molecule has 6 heteroatoms. The van der Waals surface area contributed by atoms with Crippen LogP contribution in [0.15, 0.2) is 75.9 Å². The second-order valence-electron chi connectivity index (χ2n) is 9.06. The SMILES string of the molecule is COc1ccc(CC(=O)Oc2c(-c3ccc(C(C)(C)C)cc3)oc3ccc(Cl)cc3c2=O)cc1. The molecule has 5 nitrogen and oxygen atoms in total. The summed E-state index contributed by atoms with van der Waals surface area (Å²) < 4.78 is 16.8. The molecule has 0 radical (unpaired) electrons. The highest BCUT2D eigenvalue weighted by Crippen LogP contribution is 2.33.